The number of benzene rings is 1. The molecule has 4 atom stereocenters. The van der Waals surface area contributed by atoms with Gasteiger partial charge in [-0.2, -0.15) is 0 Å². The van der Waals surface area contributed by atoms with Crippen molar-refractivity contribution in [2.45, 2.75) is 46.1 Å². The molecule has 3 heteroatoms. The van der Waals surface area contributed by atoms with E-state index in [9.17, 15) is 4.79 Å². The second kappa shape index (κ2) is 7.77. The van der Waals surface area contributed by atoms with Crippen molar-refractivity contribution in [3.8, 4) is 0 Å². The summed E-state index contributed by atoms with van der Waals surface area (Å²) < 4.78 is 0. The van der Waals surface area contributed by atoms with E-state index in [1.807, 2.05) is 30.3 Å². The lowest BCUT2D eigenvalue weighted by Gasteiger charge is -2.36. The van der Waals surface area contributed by atoms with Crippen LogP contribution in [0.25, 0.3) is 0 Å². The average Bonchev–Trinajstić information content (AvgIpc) is 2.52. The Morgan fingerprint density at radius 3 is 2.59 bits per heavy atom. The third-order valence-corrected chi connectivity index (χ3v) is 5.08. The number of hydrogen-bond acceptors (Lipinski definition) is 2. The fraction of sp³-hybridized carbons (Fsp3) is 0.632. The van der Waals surface area contributed by atoms with Gasteiger partial charge in [0.1, 0.15) is 0 Å². The van der Waals surface area contributed by atoms with E-state index in [4.69, 9.17) is 5.73 Å². The van der Waals surface area contributed by atoms with E-state index < -0.39 is 0 Å². The number of amides is 1. The van der Waals surface area contributed by atoms with Gasteiger partial charge in [-0.25, -0.2) is 0 Å². The van der Waals surface area contributed by atoms with Crippen LogP contribution < -0.4 is 11.1 Å². The molecule has 0 radical (unpaired) electrons. The molecule has 0 spiro atoms. The van der Waals surface area contributed by atoms with Crippen LogP contribution in [-0.4, -0.2) is 12.5 Å². The summed E-state index contributed by atoms with van der Waals surface area (Å²) in [6.45, 7) is 7.23. The van der Waals surface area contributed by atoms with Gasteiger partial charge in [-0.15, -0.1) is 0 Å². The normalized spacial score (nSPS) is 26.7. The molecule has 0 aromatic heterocycles. The van der Waals surface area contributed by atoms with Crippen molar-refractivity contribution < 1.29 is 4.79 Å². The summed E-state index contributed by atoms with van der Waals surface area (Å²) in [6, 6.07) is 9.82. The Morgan fingerprint density at radius 1 is 1.27 bits per heavy atom. The summed E-state index contributed by atoms with van der Waals surface area (Å²) in [6.07, 6.45) is 3.42. The van der Waals surface area contributed by atoms with Gasteiger partial charge in [0.25, 0.3) is 0 Å². The fourth-order valence-electron chi connectivity index (χ4n) is 3.66. The molecule has 1 aliphatic rings. The first-order chi connectivity index (χ1) is 10.5. The highest BCUT2D eigenvalue weighted by Crippen LogP contribution is 2.38. The highest BCUT2D eigenvalue weighted by atomic mass is 16.1. The SMILES string of the molecule is CC1CCC(C(C)C)C(C(=O)NC[C@@H](N)c2ccccc2)C1. The van der Waals surface area contributed by atoms with Gasteiger partial charge < -0.3 is 11.1 Å². The summed E-state index contributed by atoms with van der Waals surface area (Å²) in [5, 5.41) is 3.09. The van der Waals surface area contributed by atoms with Crippen LogP contribution >= 0.6 is 0 Å². The predicted octanol–water partition coefficient (Wildman–Crippen LogP) is 3.51. The molecule has 2 rings (SSSR count). The molecule has 0 aliphatic heterocycles. The van der Waals surface area contributed by atoms with Gasteiger partial charge in [-0.1, -0.05) is 57.5 Å². The molecule has 1 fully saturated rings. The van der Waals surface area contributed by atoms with Gasteiger partial charge >= 0.3 is 0 Å². The molecule has 0 saturated heterocycles. The van der Waals surface area contributed by atoms with Crippen LogP contribution in [0.2, 0.25) is 0 Å². The zero-order valence-corrected chi connectivity index (χ0v) is 14.1. The van der Waals surface area contributed by atoms with Crippen LogP contribution in [0.15, 0.2) is 30.3 Å². The van der Waals surface area contributed by atoms with Crippen molar-refractivity contribution in [3.05, 3.63) is 35.9 Å². The highest BCUT2D eigenvalue weighted by Gasteiger charge is 2.35. The first-order valence-electron chi connectivity index (χ1n) is 8.57. The Kier molecular flexibility index (Phi) is 6.01. The lowest BCUT2D eigenvalue weighted by atomic mass is 9.70. The van der Waals surface area contributed by atoms with E-state index in [0.29, 0.717) is 24.3 Å². The molecule has 1 amide bonds. The minimum atomic E-state index is -0.135. The van der Waals surface area contributed by atoms with Crippen LogP contribution in [0.1, 0.15) is 51.6 Å². The third-order valence-electron chi connectivity index (χ3n) is 5.08. The Bertz CT molecular complexity index is 472. The van der Waals surface area contributed by atoms with Crippen LogP contribution in [0.3, 0.4) is 0 Å². The quantitative estimate of drug-likeness (QED) is 0.874. The van der Waals surface area contributed by atoms with Gasteiger partial charge in [-0.05, 0) is 36.2 Å². The van der Waals surface area contributed by atoms with Crippen molar-refractivity contribution in [2.24, 2.45) is 29.4 Å². The van der Waals surface area contributed by atoms with Gasteiger partial charge in [0.15, 0.2) is 0 Å². The monoisotopic (exact) mass is 302 g/mol. The Labute approximate surface area is 134 Å². The molecule has 1 aromatic rings. The zero-order chi connectivity index (χ0) is 16.1. The van der Waals surface area contributed by atoms with Crippen LogP contribution in [0.4, 0.5) is 0 Å². The molecule has 1 aromatic carbocycles. The van der Waals surface area contributed by atoms with E-state index in [-0.39, 0.29) is 17.9 Å². The first kappa shape index (κ1) is 17.0. The highest BCUT2D eigenvalue weighted by molar-refractivity contribution is 5.79. The van der Waals surface area contributed by atoms with E-state index in [1.54, 1.807) is 0 Å². The van der Waals surface area contributed by atoms with E-state index in [1.165, 1.54) is 12.8 Å². The van der Waals surface area contributed by atoms with Crippen molar-refractivity contribution in [3.63, 3.8) is 0 Å². The number of hydrogen-bond donors (Lipinski definition) is 2. The Morgan fingerprint density at radius 2 is 1.95 bits per heavy atom. The lowest BCUT2D eigenvalue weighted by molar-refractivity contribution is -0.129. The van der Waals surface area contributed by atoms with Gasteiger partial charge in [0.2, 0.25) is 5.91 Å². The van der Waals surface area contributed by atoms with Crippen molar-refractivity contribution >= 4 is 5.91 Å². The van der Waals surface area contributed by atoms with Crippen LogP contribution in [0.5, 0.6) is 0 Å². The second-order valence-electron chi connectivity index (χ2n) is 7.19. The lowest BCUT2D eigenvalue weighted by Crippen LogP contribution is -2.42. The number of nitrogens with one attached hydrogen (secondary N) is 1. The molecule has 0 heterocycles. The van der Waals surface area contributed by atoms with E-state index in [2.05, 4.69) is 26.1 Å². The molecule has 1 aliphatic carbocycles. The number of nitrogens with two attached hydrogens (primary N) is 1. The standard InChI is InChI=1S/C19H30N2O/c1-13(2)16-10-9-14(3)11-17(16)19(22)21-12-18(20)15-7-5-4-6-8-15/h4-8,13-14,16-18H,9-12,20H2,1-3H3,(H,21,22)/t14?,16?,17?,18-/m1/s1. The minimum Gasteiger partial charge on any atom is -0.354 e. The summed E-state index contributed by atoms with van der Waals surface area (Å²) >= 11 is 0. The number of carbonyl (C=O) groups is 1. The molecular weight excluding hydrogens is 272 g/mol. The van der Waals surface area contributed by atoms with Crippen molar-refractivity contribution in [1.29, 1.82) is 0 Å². The van der Waals surface area contributed by atoms with E-state index >= 15 is 0 Å². The third kappa shape index (κ3) is 4.33. The van der Waals surface area contributed by atoms with Crippen LogP contribution in [-0.2, 0) is 4.79 Å². The molecule has 22 heavy (non-hydrogen) atoms. The number of carbonyl (C=O) groups excluding carboxylic acids is 1. The summed E-state index contributed by atoms with van der Waals surface area (Å²) in [4.78, 5) is 12.6. The Hall–Kier alpha value is -1.35. The molecule has 1 saturated carbocycles. The summed E-state index contributed by atoms with van der Waals surface area (Å²) in [5.41, 5.74) is 7.25. The van der Waals surface area contributed by atoms with Crippen LogP contribution in [0, 0.1) is 23.7 Å². The van der Waals surface area contributed by atoms with E-state index in [0.717, 1.165) is 12.0 Å². The van der Waals surface area contributed by atoms with Gasteiger partial charge in [-0.3, -0.25) is 4.79 Å². The molecule has 0 bridgehead atoms. The fourth-order valence-corrected chi connectivity index (χ4v) is 3.66. The van der Waals surface area contributed by atoms with Crippen molar-refractivity contribution in [1.82, 2.24) is 5.32 Å². The van der Waals surface area contributed by atoms with Gasteiger partial charge in [0, 0.05) is 18.5 Å². The largest absolute Gasteiger partial charge is 0.354 e. The van der Waals surface area contributed by atoms with Crippen molar-refractivity contribution in [2.75, 3.05) is 6.54 Å². The summed E-state index contributed by atoms with van der Waals surface area (Å²) in [5.74, 6) is 2.05. The predicted molar refractivity (Wildman–Crippen MR) is 91.2 cm³/mol. The Balaban J connectivity index is 1.92. The molecule has 122 valence electrons. The minimum absolute atomic E-state index is 0.135. The first-order valence-corrected chi connectivity index (χ1v) is 8.57. The average molecular weight is 302 g/mol. The maximum Gasteiger partial charge on any atom is 0.223 e. The maximum absolute atomic E-state index is 12.6. The summed E-state index contributed by atoms with van der Waals surface area (Å²) in [7, 11) is 0. The molecule has 3 nitrogen and oxygen atoms in total. The molecule has 3 N–H and O–H groups in total. The molecular formula is C19H30N2O. The smallest absolute Gasteiger partial charge is 0.223 e. The topological polar surface area (TPSA) is 55.1 Å². The van der Waals surface area contributed by atoms with Gasteiger partial charge in [0.05, 0.1) is 0 Å². The molecule has 3 unspecified atom stereocenters. The maximum atomic E-state index is 12.6. The zero-order valence-electron chi connectivity index (χ0n) is 14.1. The number of rotatable bonds is 5. The second-order valence-corrected chi connectivity index (χ2v) is 7.19.